The van der Waals surface area contributed by atoms with E-state index in [4.69, 9.17) is 14.6 Å². The lowest BCUT2D eigenvalue weighted by Gasteiger charge is -2.48. The first-order valence-electron chi connectivity index (χ1n) is 6.67. The molecule has 3 atom stereocenters. The molecule has 1 aromatic carbocycles. The van der Waals surface area contributed by atoms with Gasteiger partial charge < -0.3 is 19.9 Å². The Bertz CT molecular complexity index is 640. The fraction of sp³-hybridized carbons (Fsp3) is 0.429. The lowest BCUT2D eigenvalue weighted by Crippen LogP contribution is -2.63. The molecule has 0 spiro atoms. The largest absolute Gasteiger partial charge is 0.479 e. The van der Waals surface area contributed by atoms with Gasteiger partial charge in [0.2, 0.25) is 0 Å². The van der Waals surface area contributed by atoms with Gasteiger partial charge in [-0.05, 0) is 24.6 Å². The summed E-state index contributed by atoms with van der Waals surface area (Å²) in [5.74, 6) is -1.98. The number of alkyl carbamates (subject to hydrolysis) is 1. The molecule has 8 heteroatoms. The number of ether oxygens (including phenoxy) is 2. The van der Waals surface area contributed by atoms with E-state index in [0.29, 0.717) is 4.47 Å². The highest BCUT2D eigenvalue weighted by Gasteiger charge is 2.52. The smallest absolute Gasteiger partial charge is 0.407 e. The molecule has 1 amide bonds. The van der Waals surface area contributed by atoms with E-state index in [2.05, 4.69) is 21.2 Å². The van der Waals surface area contributed by atoms with Gasteiger partial charge in [0.1, 0.15) is 11.4 Å². The predicted molar refractivity (Wildman–Crippen MR) is 75.7 cm³/mol. The molecule has 1 aromatic rings. The van der Waals surface area contributed by atoms with Crippen LogP contribution in [0.4, 0.5) is 9.18 Å². The summed E-state index contributed by atoms with van der Waals surface area (Å²) >= 11 is 3.28. The fourth-order valence-electron chi connectivity index (χ4n) is 3.00. The van der Waals surface area contributed by atoms with Gasteiger partial charge in [-0.3, -0.25) is 0 Å². The molecule has 2 aliphatic rings. The molecular weight excluding hydrogens is 361 g/mol. The van der Waals surface area contributed by atoms with Crippen LogP contribution < -0.4 is 5.32 Å². The summed E-state index contributed by atoms with van der Waals surface area (Å²) in [5.41, 5.74) is -0.873. The Labute approximate surface area is 133 Å². The van der Waals surface area contributed by atoms with Crippen molar-refractivity contribution in [1.29, 1.82) is 0 Å². The predicted octanol–water partition coefficient (Wildman–Crippen LogP) is 2.01. The van der Waals surface area contributed by atoms with Crippen LogP contribution in [0.25, 0.3) is 0 Å². The zero-order valence-corrected chi connectivity index (χ0v) is 12.9. The third-order valence-electron chi connectivity index (χ3n) is 4.13. The number of carbonyl (C=O) groups is 2. The number of amides is 1. The van der Waals surface area contributed by atoms with Gasteiger partial charge in [-0.2, -0.15) is 0 Å². The van der Waals surface area contributed by atoms with Crippen molar-refractivity contribution < 1.29 is 28.6 Å². The molecule has 2 heterocycles. The maximum absolute atomic E-state index is 14.3. The molecule has 0 saturated carbocycles. The number of hydrogen-bond acceptors (Lipinski definition) is 4. The number of rotatable bonds is 2. The topological polar surface area (TPSA) is 84.9 Å². The number of nitrogens with one attached hydrogen (secondary N) is 1. The van der Waals surface area contributed by atoms with E-state index in [1.54, 1.807) is 12.1 Å². The first kappa shape index (κ1) is 15.2. The van der Waals surface area contributed by atoms with Gasteiger partial charge >= 0.3 is 12.1 Å². The van der Waals surface area contributed by atoms with E-state index in [1.165, 1.54) is 6.07 Å². The van der Waals surface area contributed by atoms with Crippen LogP contribution in [0.3, 0.4) is 0 Å². The second-order valence-electron chi connectivity index (χ2n) is 5.39. The van der Waals surface area contributed by atoms with Crippen LogP contribution in [0.2, 0.25) is 0 Å². The van der Waals surface area contributed by atoms with Crippen LogP contribution in [-0.2, 0) is 19.8 Å². The summed E-state index contributed by atoms with van der Waals surface area (Å²) in [7, 11) is 0. The summed E-state index contributed by atoms with van der Waals surface area (Å²) in [5, 5.41) is 11.7. The van der Waals surface area contributed by atoms with E-state index in [0.717, 1.165) is 0 Å². The average molecular weight is 374 g/mol. The first-order valence-corrected chi connectivity index (χ1v) is 7.46. The van der Waals surface area contributed by atoms with Crippen molar-refractivity contribution >= 4 is 28.0 Å². The van der Waals surface area contributed by atoms with Crippen molar-refractivity contribution in [2.45, 2.75) is 18.1 Å². The number of carboxylic acids is 1. The molecule has 6 nitrogen and oxygen atoms in total. The number of carboxylic acid groups (broad SMARTS) is 1. The van der Waals surface area contributed by atoms with Crippen molar-refractivity contribution in [3.05, 3.63) is 34.1 Å². The Balaban J connectivity index is 2.04. The van der Waals surface area contributed by atoms with Crippen molar-refractivity contribution in [3.63, 3.8) is 0 Å². The van der Waals surface area contributed by atoms with Gasteiger partial charge in [-0.25, -0.2) is 14.0 Å². The van der Waals surface area contributed by atoms with Crippen LogP contribution in [0.15, 0.2) is 22.7 Å². The second-order valence-corrected chi connectivity index (χ2v) is 6.31. The number of cyclic esters (lactones) is 1. The molecule has 0 bridgehead atoms. The maximum atomic E-state index is 14.3. The van der Waals surface area contributed by atoms with Crippen LogP contribution in [0.1, 0.15) is 12.0 Å². The second kappa shape index (κ2) is 5.51. The molecule has 0 unspecified atom stereocenters. The maximum Gasteiger partial charge on any atom is 0.407 e. The highest BCUT2D eigenvalue weighted by Crippen LogP contribution is 2.42. The average Bonchev–Trinajstić information content (AvgIpc) is 2.48. The Morgan fingerprint density at radius 3 is 3.00 bits per heavy atom. The highest BCUT2D eigenvalue weighted by atomic mass is 79.9. The lowest BCUT2D eigenvalue weighted by atomic mass is 9.73. The first-order chi connectivity index (χ1) is 10.4. The van der Waals surface area contributed by atoms with Gasteiger partial charge in [0, 0.05) is 16.0 Å². The number of benzene rings is 1. The van der Waals surface area contributed by atoms with E-state index in [9.17, 15) is 14.0 Å². The molecule has 2 saturated heterocycles. The van der Waals surface area contributed by atoms with Gasteiger partial charge in [-0.1, -0.05) is 15.9 Å². The number of fused-ring (bicyclic) bond motifs is 1. The molecule has 2 aliphatic heterocycles. The number of carbonyl (C=O) groups excluding carboxylic acids is 1. The van der Waals surface area contributed by atoms with Crippen molar-refractivity contribution in [2.24, 2.45) is 5.92 Å². The minimum Gasteiger partial charge on any atom is -0.479 e. The molecule has 22 heavy (non-hydrogen) atoms. The Kier molecular flexibility index (Phi) is 3.82. The fourth-order valence-corrected chi connectivity index (χ4v) is 3.36. The monoisotopic (exact) mass is 373 g/mol. The third kappa shape index (κ3) is 2.46. The van der Waals surface area contributed by atoms with Gasteiger partial charge in [0.05, 0.1) is 13.2 Å². The van der Waals surface area contributed by atoms with Crippen LogP contribution in [0.5, 0.6) is 0 Å². The van der Waals surface area contributed by atoms with Gasteiger partial charge in [0.15, 0.2) is 6.10 Å². The van der Waals surface area contributed by atoms with Crippen LogP contribution >= 0.6 is 15.9 Å². The summed E-state index contributed by atoms with van der Waals surface area (Å²) < 4.78 is 25.3. The molecule has 3 rings (SSSR count). The molecular formula is C14H13BrFNO5. The molecule has 0 aliphatic carbocycles. The number of aliphatic carboxylic acids is 1. The minimum atomic E-state index is -1.13. The van der Waals surface area contributed by atoms with E-state index in [-0.39, 0.29) is 25.2 Å². The zero-order valence-electron chi connectivity index (χ0n) is 11.3. The van der Waals surface area contributed by atoms with Crippen molar-refractivity contribution in [1.82, 2.24) is 5.32 Å². The standard InChI is InChI=1S/C14H13BrFNO5/c15-8-1-2-10(16)9(4-8)14-6-22-11(12(18)19)3-7(14)5-21-13(20)17-14/h1-2,4,7,11H,3,5-6H2,(H,17,20)(H,18,19)/t7-,11+,14-/m0/s1. The van der Waals surface area contributed by atoms with Crippen molar-refractivity contribution in [3.8, 4) is 0 Å². The molecule has 0 radical (unpaired) electrons. The Hall–Kier alpha value is -1.67. The van der Waals surface area contributed by atoms with E-state index >= 15 is 0 Å². The lowest BCUT2D eigenvalue weighted by molar-refractivity contribution is -0.165. The van der Waals surface area contributed by atoms with Crippen LogP contribution in [0, 0.1) is 11.7 Å². The Morgan fingerprint density at radius 2 is 2.27 bits per heavy atom. The highest BCUT2D eigenvalue weighted by molar-refractivity contribution is 9.10. The normalized spacial score (nSPS) is 30.9. The zero-order chi connectivity index (χ0) is 15.9. The summed E-state index contributed by atoms with van der Waals surface area (Å²) in [6, 6.07) is 4.41. The molecule has 2 N–H and O–H groups in total. The number of hydrogen-bond donors (Lipinski definition) is 2. The third-order valence-corrected chi connectivity index (χ3v) is 4.63. The molecule has 2 fully saturated rings. The Morgan fingerprint density at radius 1 is 1.50 bits per heavy atom. The quantitative estimate of drug-likeness (QED) is 0.828. The molecule has 0 aromatic heterocycles. The van der Waals surface area contributed by atoms with Gasteiger partial charge in [-0.15, -0.1) is 0 Å². The molecule has 118 valence electrons. The van der Waals surface area contributed by atoms with E-state index in [1.807, 2.05) is 0 Å². The van der Waals surface area contributed by atoms with Crippen molar-refractivity contribution in [2.75, 3.05) is 13.2 Å². The van der Waals surface area contributed by atoms with E-state index < -0.39 is 35.4 Å². The van der Waals surface area contributed by atoms with Crippen LogP contribution in [-0.4, -0.2) is 36.5 Å². The van der Waals surface area contributed by atoms with Gasteiger partial charge in [0.25, 0.3) is 0 Å². The number of halogens is 2. The summed E-state index contributed by atoms with van der Waals surface area (Å²) in [6.07, 6.45) is -1.54. The SMILES string of the molecule is O=C1N[C@@]2(c3cc(Br)ccc3F)CO[C@@H](C(=O)O)C[C@H]2CO1. The minimum absolute atomic E-state index is 0.0188. The summed E-state index contributed by atoms with van der Waals surface area (Å²) in [4.78, 5) is 22.8. The summed E-state index contributed by atoms with van der Waals surface area (Å²) in [6.45, 7) is -0.109.